The molecule has 0 aliphatic carbocycles. The number of rotatable bonds is 2. The maximum absolute atomic E-state index is 2.37. The van der Waals surface area contributed by atoms with Gasteiger partial charge in [0.25, 0.3) is 0 Å². The average Bonchev–Trinajstić information content (AvgIpc) is 2.66. The van der Waals surface area contributed by atoms with Crippen molar-refractivity contribution in [2.45, 2.75) is 39.5 Å². The highest BCUT2D eigenvalue weighted by Gasteiger charge is 2.14. The first kappa shape index (κ1) is 16.8. The van der Waals surface area contributed by atoms with Gasteiger partial charge in [0.2, 0.25) is 0 Å². The van der Waals surface area contributed by atoms with Crippen LogP contribution >= 0.6 is 0 Å². The predicted molar refractivity (Wildman–Crippen MR) is 115 cm³/mol. The van der Waals surface area contributed by atoms with Crippen molar-refractivity contribution >= 4 is 21.5 Å². The first-order chi connectivity index (χ1) is 12.5. The van der Waals surface area contributed by atoms with Gasteiger partial charge in [-0.25, -0.2) is 0 Å². The van der Waals surface area contributed by atoms with E-state index in [2.05, 4.69) is 100 Å². The molecule has 0 saturated heterocycles. The summed E-state index contributed by atoms with van der Waals surface area (Å²) >= 11 is 0. The first-order valence-corrected chi connectivity index (χ1v) is 9.52. The number of fused-ring (bicyclic) bond motifs is 3. The maximum atomic E-state index is 2.37. The smallest absolute Gasteiger partial charge is 0.00962 e. The van der Waals surface area contributed by atoms with Gasteiger partial charge in [-0.15, -0.1) is 0 Å². The summed E-state index contributed by atoms with van der Waals surface area (Å²) in [7, 11) is 0. The van der Waals surface area contributed by atoms with Crippen LogP contribution in [0.1, 0.15) is 38.8 Å². The van der Waals surface area contributed by atoms with E-state index in [-0.39, 0.29) is 5.41 Å². The number of aryl methyl sites for hydroxylation is 1. The van der Waals surface area contributed by atoms with E-state index in [0.29, 0.717) is 0 Å². The van der Waals surface area contributed by atoms with Gasteiger partial charge < -0.3 is 0 Å². The second-order valence-electron chi connectivity index (χ2n) is 8.21. The van der Waals surface area contributed by atoms with Gasteiger partial charge in [0.1, 0.15) is 0 Å². The topological polar surface area (TPSA) is 0 Å². The zero-order valence-corrected chi connectivity index (χ0v) is 16.1. The van der Waals surface area contributed by atoms with Crippen molar-refractivity contribution in [3.63, 3.8) is 0 Å². The van der Waals surface area contributed by atoms with Crippen molar-refractivity contribution in [2.75, 3.05) is 0 Å². The maximum Gasteiger partial charge on any atom is -0.00962 e. The van der Waals surface area contributed by atoms with E-state index < -0.39 is 0 Å². The van der Waals surface area contributed by atoms with E-state index in [1.165, 1.54) is 43.8 Å². The van der Waals surface area contributed by atoms with Gasteiger partial charge >= 0.3 is 0 Å². The van der Waals surface area contributed by atoms with Gasteiger partial charge in [0.05, 0.1) is 0 Å². The van der Waals surface area contributed by atoms with Crippen molar-refractivity contribution in [1.29, 1.82) is 0 Å². The Labute approximate surface area is 156 Å². The minimum atomic E-state index is 0.180. The van der Waals surface area contributed by atoms with Crippen molar-refractivity contribution in [3.8, 4) is 11.1 Å². The second-order valence-corrected chi connectivity index (χ2v) is 8.21. The Kier molecular flexibility index (Phi) is 4.07. The van der Waals surface area contributed by atoms with Crippen molar-refractivity contribution in [1.82, 2.24) is 0 Å². The number of hydrogen-bond acceptors (Lipinski definition) is 0. The van der Waals surface area contributed by atoms with Gasteiger partial charge in [-0.05, 0) is 61.7 Å². The highest BCUT2D eigenvalue weighted by Crippen LogP contribution is 2.36. The summed E-state index contributed by atoms with van der Waals surface area (Å²) in [5, 5.41) is 5.33. The molecule has 4 aromatic carbocycles. The lowest BCUT2D eigenvalue weighted by Gasteiger charge is -2.19. The molecular formula is C26H26. The lowest BCUT2D eigenvalue weighted by atomic mass is 9.85. The van der Waals surface area contributed by atoms with Crippen molar-refractivity contribution in [2.24, 2.45) is 0 Å². The predicted octanol–water partition coefficient (Wildman–Crippen LogP) is 7.52. The van der Waals surface area contributed by atoms with Crippen LogP contribution in [-0.4, -0.2) is 0 Å². The molecule has 4 aromatic rings. The molecule has 0 saturated carbocycles. The fourth-order valence-electron chi connectivity index (χ4n) is 3.76. The Morgan fingerprint density at radius 2 is 1.42 bits per heavy atom. The largest absolute Gasteiger partial charge is 0.0616 e. The molecule has 0 nitrogen and oxygen atoms in total. The van der Waals surface area contributed by atoms with E-state index in [9.17, 15) is 0 Å². The molecule has 0 heterocycles. The minimum absolute atomic E-state index is 0.180. The number of benzene rings is 4. The molecule has 130 valence electrons. The average molecular weight is 338 g/mol. The van der Waals surface area contributed by atoms with Crippen LogP contribution in [0, 0.1) is 0 Å². The van der Waals surface area contributed by atoms with Crippen LogP contribution in [0.2, 0.25) is 0 Å². The molecule has 0 bridgehead atoms. The van der Waals surface area contributed by atoms with Crippen LogP contribution in [0.5, 0.6) is 0 Å². The van der Waals surface area contributed by atoms with Crippen LogP contribution in [0.15, 0.2) is 72.8 Å². The second kappa shape index (κ2) is 6.29. The minimum Gasteiger partial charge on any atom is -0.0616 e. The fourth-order valence-corrected chi connectivity index (χ4v) is 3.76. The molecule has 0 N–H and O–H groups in total. The van der Waals surface area contributed by atoms with Crippen LogP contribution in [-0.2, 0) is 11.8 Å². The monoisotopic (exact) mass is 338 g/mol. The SMILES string of the molecule is CCc1ccc2c(c1)c(-c1ccc(C(C)(C)C)cc1)cc1ccccc12. The Hall–Kier alpha value is -2.60. The Morgan fingerprint density at radius 1 is 0.692 bits per heavy atom. The Bertz CT molecular complexity index is 1080. The zero-order chi connectivity index (χ0) is 18.3. The van der Waals surface area contributed by atoms with Crippen molar-refractivity contribution < 1.29 is 0 Å². The van der Waals surface area contributed by atoms with E-state index in [4.69, 9.17) is 0 Å². The molecule has 0 spiro atoms. The summed E-state index contributed by atoms with van der Waals surface area (Å²) in [6.45, 7) is 9.02. The fraction of sp³-hybridized carbons (Fsp3) is 0.231. The molecule has 0 fully saturated rings. The van der Waals surface area contributed by atoms with Gasteiger partial charge in [-0.1, -0.05) is 94.4 Å². The molecule has 0 unspecified atom stereocenters. The summed E-state index contributed by atoms with van der Waals surface area (Å²) in [6.07, 6.45) is 1.06. The van der Waals surface area contributed by atoms with Crippen LogP contribution in [0.4, 0.5) is 0 Å². The van der Waals surface area contributed by atoms with Gasteiger partial charge in [0.15, 0.2) is 0 Å². The van der Waals surface area contributed by atoms with Crippen molar-refractivity contribution in [3.05, 3.63) is 83.9 Å². The molecular weight excluding hydrogens is 312 g/mol. The lowest BCUT2D eigenvalue weighted by molar-refractivity contribution is 0.590. The third-order valence-electron chi connectivity index (χ3n) is 5.40. The summed E-state index contributed by atoms with van der Waals surface area (Å²) in [5.74, 6) is 0. The third kappa shape index (κ3) is 2.90. The summed E-state index contributed by atoms with van der Waals surface area (Å²) < 4.78 is 0. The number of hydrogen-bond donors (Lipinski definition) is 0. The van der Waals surface area contributed by atoms with E-state index in [1.807, 2.05) is 0 Å². The standard InChI is InChI=1S/C26H26/c1-5-18-10-15-23-22-9-7-6-8-20(22)17-24(25(23)16-18)19-11-13-21(14-12-19)26(2,3)4/h6-17H,5H2,1-4H3. The molecule has 0 aliphatic rings. The molecule has 4 rings (SSSR count). The normalized spacial score (nSPS) is 12.0. The molecule has 0 heteroatoms. The highest BCUT2D eigenvalue weighted by molar-refractivity contribution is 6.13. The van der Waals surface area contributed by atoms with Gasteiger partial charge in [-0.2, -0.15) is 0 Å². The zero-order valence-electron chi connectivity index (χ0n) is 16.1. The van der Waals surface area contributed by atoms with Gasteiger partial charge in [0, 0.05) is 0 Å². The summed E-state index contributed by atoms with van der Waals surface area (Å²) in [4.78, 5) is 0. The molecule has 0 aromatic heterocycles. The van der Waals surface area contributed by atoms with Gasteiger partial charge in [-0.3, -0.25) is 0 Å². The first-order valence-electron chi connectivity index (χ1n) is 9.52. The van der Waals surface area contributed by atoms with E-state index in [0.717, 1.165) is 6.42 Å². The highest BCUT2D eigenvalue weighted by atomic mass is 14.2. The van der Waals surface area contributed by atoms with Crippen LogP contribution in [0.25, 0.3) is 32.7 Å². The third-order valence-corrected chi connectivity index (χ3v) is 5.40. The summed E-state index contributed by atoms with van der Waals surface area (Å²) in [5.41, 5.74) is 5.57. The summed E-state index contributed by atoms with van der Waals surface area (Å²) in [6, 6.07) is 27.1. The molecule has 0 aliphatic heterocycles. The quantitative estimate of drug-likeness (QED) is 0.331. The molecule has 0 radical (unpaired) electrons. The van der Waals surface area contributed by atoms with Crippen LogP contribution in [0.3, 0.4) is 0 Å². The lowest BCUT2D eigenvalue weighted by Crippen LogP contribution is -2.10. The van der Waals surface area contributed by atoms with Crippen LogP contribution < -0.4 is 0 Å². The molecule has 0 atom stereocenters. The molecule has 0 amide bonds. The van der Waals surface area contributed by atoms with E-state index in [1.54, 1.807) is 0 Å². The van der Waals surface area contributed by atoms with E-state index >= 15 is 0 Å². The Morgan fingerprint density at radius 3 is 2.12 bits per heavy atom. The molecule has 26 heavy (non-hydrogen) atoms. The Balaban J connectivity index is 2.00.